The third-order valence-electron chi connectivity index (χ3n) is 8.02. The van der Waals surface area contributed by atoms with Crippen LogP contribution in [0.25, 0.3) is 32.2 Å². The fraction of sp³-hybridized carbons (Fsp3) is 0.324. The highest BCUT2D eigenvalue weighted by Gasteiger charge is 2.26. The van der Waals surface area contributed by atoms with Crippen molar-refractivity contribution in [3.63, 3.8) is 0 Å². The molecule has 0 aliphatic carbocycles. The number of fused-ring (bicyclic) bond motifs is 2. The molecule has 0 unspecified atom stereocenters. The average molecular weight is 696 g/mol. The minimum absolute atomic E-state index is 0.00698. The lowest BCUT2D eigenvalue weighted by molar-refractivity contribution is -0.0510. The van der Waals surface area contributed by atoms with Gasteiger partial charge in [-0.2, -0.15) is 14.0 Å². The van der Waals surface area contributed by atoms with Crippen LogP contribution in [-0.2, 0) is 13.1 Å². The fourth-order valence-corrected chi connectivity index (χ4v) is 6.49. The van der Waals surface area contributed by atoms with Gasteiger partial charge in [0.15, 0.2) is 0 Å². The first-order valence-corrected chi connectivity index (χ1v) is 16.0. The minimum Gasteiger partial charge on any atom is -0.491 e. The lowest BCUT2D eigenvalue weighted by Crippen LogP contribution is -2.37. The number of nitrogens with zero attached hydrogens (tertiary/aromatic N) is 5. The Hall–Kier alpha value is -4.64. The quantitative estimate of drug-likeness (QED) is 0.159. The number of alkyl halides is 2. The number of carboxylic acid groups (broad SMARTS) is 1. The molecule has 48 heavy (non-hydrogen) atoms. The molecule has 0 atom stereocenters. The summed E-state index contributed by atoms with van der Waals surface area (Å²) in [5.41, 5.74) is 1.60. The standard InChI is InChI=1S/C34H32ClF2N5O5S/c1-17-11-22(30-28(39-17)24(16-48-30)32(44)45)21-13-20(35)7-8-26(21)46-10-9-42-18(2)40-25-12-19(15-41(6)34(3,4)5)29(47-33(36)37)23(14-38)27(25)31(42)43/h7-8,11-13,16,33H,9-10,15H2,1-6H3,(H,44,45). The summed E-state index contributed by atoms with van der Waals surface area (Å²) in [5.74, 6) is -0.682. The second kappa shape index (κ2) is 13.5. The molecule has 0 saturated carbocycles. The van der Waals surface area contributed by atoms with Crippen molar-refractivity contribution in [3.8, 4) is 28.7 Å². The molecule has 250 valence electrons. The molecule has 0 aliphatic rings. The van der Waals surface area contributed by atoms with E-state index in [4.69, 9.17) is 21.1 Å². The van der Waals surface area contributed by atoms with Gasteiger partial charge in [-0.25, -0.2) is 9.78 Å². The van der Waals surface area contributed by atoms with Gasteiger partial charge in [-0.1, -0.05) is 11.6 Å². The minimum atomic E-state index is -3.22. The Kier molecular flexibility index (Phi) is 9.73. The van der Waals surface area contributed by atoms with E-state index in [9.17, 15) is 28.7 Å². The third kappa shape index (κ3) is 6.82. The van der Waals surface area contributed by atoms with Crippen LogP contribution in [0.1, 0.15) is 53.8 Å². The molecule has 0 bridgehead atoms. The van der Waals surface area contributed by atoms with Crippen molar-refractivity contribution in [2.75, 3.05) is 13.7 Å². The molecular weight excluding hydrogens is 664 g/mol. The SMILES string of the molecule is Cc1cc(-c2cc(Cl)ccc2OCCn2c(C)nc3cc(CN(C)C(C)(C)C)c(OC(F)F)c(C#N)c3c2=O)c2scc(C(=O)O)c2n1. The summed E-state index contributed by atoms with van der Waals surface area (Å²) >= 11 is 7.62. The first kappa shape index (κ1) is 34.7. The Morgan fingerprint density at radius 3 is 2.56 bits per heavy atom. The van der Waals surface area contributed by atoms with Crippen LogP contribution in [-0.4, -0.2) is 56.3 Å². The predicted molar refractivity (Wildman–Crippen MR) is 181 cm³/mol. The highest BCUT2D eigenvalue weighted by Crippen LogP contribution is 2.40. The number of carboxylic acids is 1. The van der Waals surface area contributed by atoms with Gasteiger partial charge in [-0.15, -0.1) is 11.3 Å². The van der Waals surface area contributed by atoms with Gasteiger partial charge < -0.3 is 14.6 Å². The molecular formula is C34H32ClF2N5O5S. The van der Waals surface area contributed by atoms with Crippen molar-refractivity contribution in [2.45, 2.75) is 59.9 Å². The van der Waals surface area contributed by atoms with E-state index >= 15 is 0 Å². The summed E-state index contributed by atoms with van der Waals surface area (Å²) in [6.07, 6.45) is 0. The summed E-state index contributed by atoms with van der Waals surface area (Å²) in [7, 11) is 1.82. The maximum atomic E-state index is 13.9. The van der Waals surface area contributed by atoms with Gasteiger partial charge in [0.2, 0.25) is 0 Å². The van der Waals surface area contributed by atoms with Crippen LogP contribution in [0.15, 0.2) is 40.5 Å². The maximum Gasteiger partial charge on any atom is 0.387 e. The number of hydrogen-bond donors (Lipinski definition) is 1. The number of halogens is 3. The molecule has 0 saturated heterocycles. The van der Waals surface area contributed by atoms with Gasteiger partial charge in [0, 0.05) is 44.9 Å². The molecule has 3 aromatic heterocycles. The van der Waals surface area contributed by atoms with Crippen molar-refractivity contribution in [3.05, 3.63) is 79.3 Å². The molecule has 10 nitrogen and oxygen atoms in total. The molecule has 0 aliphatic heterocycles. The van der Waals surface area contributed by atoms with E-state index in [1.165, 1.54) is 27.4 Å². The van der Waals surface area contributed by atoms with Crippen molar-refractivity contribution in [1.29, 1.82) is 5.26 Å². The van der Waals surface area contributed by atoms with Crippen molar-refractivity contribution >= 4 is 50.0 Å². The topological polar surface area (TPSA) is 131 Å². The fourth-order valence-electron chi connectivity index (χ4n) is 5.30. The number of aromatic carboxylic acids is 1. The van der Waals surface area contributed by atoms with Gasteiger partial charge in [0.25, 0.3) is 5.56 Å². The molecule has 5 rings (SSSR count). The van der Waals surface area contributed by atoms with E-state index < -0.39 is 18.1 Å². The number of ether oxygens (including phenoxy) is 2. The molecule has 2 aromatic carbocycles. The van der Waals surface area contributed by atoms with Crippen molar-refractivity contribution < 1.29 is 28.2 Å². The van der Waals surface area contributed by atoms with Gasteiger partial charge in [0.05, 0.1) is 33.2 Å². The smallest absolute Gasteiger partial charge is 0.387 e. The van der Waals surface area contributed by atoms with Gasteiger partial charge in [0.1, 0.15) is 35.6 Å². The van der Waals surface area contributed by atoms with Gasteiger partial charge >= 0.3 is 12.6 Å². The second-order valence-electron chi connectivity index (χ2n) is 12.2. The van der Waals surface area contributed by atoms with Crippen LogP contribution < -0.4 is 15.0 Å². The van der Waals surface area contributed by atoms with Crippen LogP contribution in [0, 0.1) is 25.2 Å². The van der Waals surface area contributed by atoms with Crippen LogP contribution in [0.2, 0.25) is 5.02 Å². The maximum absolute atomic E-state index is 13.9. The third-order valence-corrected chi connectivity index (χ3v) is 9.26. The van der Waals surface area contributed by atoms with Crippen molar-refractivity contribution in [1.82, 2.24) is 19.4 Å². The van der Waals surface area contributed by atoms with Crippen LogP contribution in [0.3, 0.4) is 0 Å². The molecule has 0 fully saturated rings. The molecule has 0 radical (unpaired) electrons. The number of aryl methyl sites for hydroxylation is 2. The zero-order chi connectivity index (χ0) is 35.1. The van der Waals surface area contributed by atoms with E-state index in [1.807, 2.05) is 44.9 Å². The zero-order valence-corrected chi connectivity index (χ0v) is 28.6. The van der Waals surface area contributed by atoms with Crippen LogP contribution in [0.5, 0.6) is 11.5 Å². The normalized spacial score (nSPS) is 11.9. The first-order valence-electron chi connectivity index (χ1n) is 14.8. The number of pyridine rings is 1. The lowest BCUT2D eigenvalue weighted by atomic mass is 10.0. The molecule has 3 heterocycles. The second-order valence-corrected chi connectivity index (χ2v) is 13.5. The molecule has 0 spiro atoms. The Morgan fingerprint density at radius 1 is 1.19 bits per heavy atom. The Labute approximate surface area is 283 Å². The number of carbonyl (C=O) groups is 1. The number of aromatic nitrogens is 3. The monoisotopic (exact) mass is 695 g/mol. The number of benzene rings is 2. The van der Waals surface area contributed by atoms with E-state index in [1.54, 1.807) is 32.0 Å². The summed E-state index contributed by atoms with van der Waals surface area (Å²) in [6.45, 7) is 6.22. The Balaban J connectivity index is 1.53. The number of nitriles is 1. The first-order chi connectivity index (χ1) is 22.6. The average Bonchev–Trinajstić information content (AvgIpc) is 3.43. The van der Waals surface area contributed by atoms with E-state index in [0.717, 1.165) is 0 Å². The van der Waals surface area contributed by atoms with E-state index in [0.29, 0.717) is 49.2 Å². The lowest BCUT2D eigenvalue weighted by Gasteiger charge is -2.32. The highest BCUT2D eigenvalue weighted by molar-refractivity contribution is 7.18. The summed E-state index contributed by atoms with van der Waals surface area (Å²) in [5, 5.41) is 21.6. The Morgan fingerprint density at radius 2 is 1.92 bits per heavy atom. The number of hydrogen-bond acceptors (Lipinski definition) is 9. The van der Waals surface area contributed by atoms with Gasteiger partial charge in [-0.3, -0.25) is 19.2 Å². The largest absolute Gasteiger partial charge is 0.491 e. The number of thiophene rings is 1. The molecule has 1 N–H and O–H groups in total. The molecule has 0 amide bonds. The summed E-state index contributed by atoms with van der Waals surface area (Å²) in [4.78, 5) is 36.6. The molecule has 14 heteroatoms. The molecule has 5 aromatic rings. The van der Waals surface area contributed by atoms with E-state index in [-0.39, 0.29) is 53.0 Å². The Bertz CT molecular complexity index is 2170. The highest BCUT2D eigenvalue weighted by atomic mass is 35.5. The predicted octanol–water partition coefficient (Wildman–Crippen LogP) is 7.42. The van der Waals surface area contributed by atoms with E-state index in [2.05, 4.69) is 9.97 Å². The zero-order valence-electron chi connectivity index (χ0n) is 27.0. The summed E-state index contributed by atoms with van der Waals surface area (Å²) < 4.78 is 40.2. The van der Waals surface area contributed by atoms with Crippen LogP contribution in [0.4, 0.5) is 8.78 Å². The van der Waals surface area contributed by atoms with Crippen LogP contribution >= 0.6 is 22.9 Å². The number of rotatable bonds is 10. The van der Waals surface area contributed by atoms with Crippen molar-refractivity contribution in [2.24, 2.45) is 0 Å². The summed E-state index contributed by atoms with van der Waals surface area (Å²) in [6, 6.07) is 10.3. The van der Waals surface area contributed by atoms with Gasteiger partial charge in [-0.05, 0) is 72.0 Å².